The molecule has 2 N–H and O–H groups in total. The smallest absolute Gasteiger partial charge is 0.239 e. The molecule has 3 rings (SSSR count). The van der Waals surface area contributed by atoms with E-state index in [1.807, 2.05) is 47.4 Å². The Morgan fingerprint density at radius 2 is 1.92 bits per heavy atom. The highest BCUT2D eigenvalue weighted by Crippen LogP contribution is 2.13. The summed E-state index contributed by atoms with van der Waals surface area (Å²) in [6, 6.07) is 13.3. The second-order valence-corrected chi connectivity index (χ2v) is 6.04. The number of rotatable bonds is 4. The van der Waals surface area contributed by atoms with Crippen LogP contribution in [-0.4, -0.2) is 53.2 Å². The number of hydrogen-bond acceptors (Lipinski definition) is 5. The van der Waals surface area contributed by atoms with E-state index in [9.17, 15) is 4.79 Å². The molecule has 1 saturated heterocycles. The molecule has 1 aromatic heterocycles. The molecule has 0 spiro atoms. The summed E-state index contributed by atoms with van der Waals surface area (Å²) >= 11 is 0. The third-order valence-corrected chi connectivity index (χ3v) is 4.31. The lowest BCUT2D eigenvalue weighted by Crippen LogP contribution is -2.46. The molecule has 1 fully saturated rings. The first kappa shape index (κ1) is 16.4. The van der Waals surface area contributed by atoms with E-state index in [-0.39, 0.29) is 5.91 Å². The second-order valence-electron chi connectivity index (χ2n) is 6.04. The minimum absolute atomic E-state index is 0.0276. The van der Waals surface area contributed by atoms with Crippen LogP contribution in [0.1, 0.15) is 12.0 Å². The topological polar surface area (TPSA) is 75.4 Å². The van der Waals surface area contributed by atoms with E-state index in [0.29, 0.717) is 13.0 Å². The molecular formula is C18H23N5O. The van der Waals surface area contributed by atoms with Crippen LogP contribution >= 0.6 is 0 Å². The molecule has 2 heterocycles. The van der Waals surface area contributed by atoms with Crippen LogP contribution in [0.25, 0.3) is 0 Å². The van der Waals surface area contributed by atoms with Gasteiger partial charge in [0.2, 0.25) is 5.91 Å². The number of anilines is 1. The molecule has 1 aliphatic rings. The van der Waals surface area contributed by atoms with Crippen LogP contribution in [0.4, 0.5) is 5.82 Å². The Kier molecular flexibility index (Phi) is 5.38. The normalized spacial score (nSPS) is 16.5. The molecule has 126 valence electrons. The van der Waals surface area contributed by atoms with E-state index >= 15 is 0 Å². The van der Waals surface area contributed by atoms with E-state index < -0.39 is 6.04 Å². The van der Waals surface area contributed by atoms with Crippen molar-refractivity contribution in [3.63, 3.8) is 0 Å². The van der Waals surface area contributed by atoms with Crippen LogP contribution in [0.15, 0.2) is 48.7 Å². The Balaban J connectivity index is 1.58. The fraction of sp³-hybridized carbons (Fsp3) is 0.389. The van der Waals surface area contributed by atoms with Crippen molar-refractivity contribution in [3.8, 4) is 0 Å². The first-order chi connectivity index (χ1) is 11.7. The number of carbonyl (C=O) groups excluding carboxylic acids is 1. The first-order valence-corrected chi connectivity index (χ1v) is 8.35. The van der Waals surface area contributed by atoms with E-state index in [4.69, 9.17) is 5.73 Å². The van der Waals surface area contributed by atoms with Gasteiger partial charge in [0.15, 0.2) is 5.82 Å². The quantitative estimate of drug-likeness (QED) is 0.910. The van der Waals surface area contributed by atoms with Gasteiger partial charge in [-0.3, -0.25) is 4.79 Å². The highest BCUT2D eigenvalue weighted by molar-refractivity contribution is 5.82. The Labute approximate surface area is 142 Å². The summed E-state index contributed by atoms with van der Waals surface area (Å²) in [5.41, 5.74) is 7.24. The molecule has 1 atom stereocenters. The zero-order valence-corrected chi connectivity index (χ0v) is 13.7. The summed E-state index contributed by atoms with van der Waals surface area (Å²) in [6.07, 6.45) is 3.14. The maximum Gasteiger partial charge on any atom is 0.239 e. The zero-order chi connectivity index (χ0) is 16.8. The van der Waals surface area contributed by atoms with Crippen LogP contribution in [0, 0.1) is 0 Å². The molecule has 0 saturated carbocycles. The van der Waals surface area contributed by atoms with Crippen molar-refractivity contribution < 1.29 is 4.79 Å². The number of nitrogens with two attached hydrogens (primary N) is 1. The molecule has 0 radical (unpaired) electrons. The van der Waals surface area contributed by atoms with Crippen molar-refractivity contribution in [1.82, 2.24) is 15.1 Å². The summed E-state index contributed by atoms with van der Waals surface area (Å²) in [5.74, 6) is 0.889. The number of amides is 1. The molecule has 6 heteroatoms. The van der Waals surface area contributed by atoms with Crippen molar-refractivity contribution >= 4 is 11.7 Å². The van der Waals surface area contributed by atoms with Gasteiger partial charge in [-0.2, -0.15) is 5.10 Å². The van der Waals surface area contributed by atoms with Gasteiger partial charge < -0.3 is 15.5 Å². The Morgan fingerprint density at radius 3 is 2.67 bits per heavy atom. The van der Waals surface area contributed by atoms with Crippen molar-refractivity contribution in [2.24, 2.45) is 5.73 Å². The molecule has 24 heavy (non-hydrogen) atoms. The lowest BCUT2D eigenvalue weighted by Gasteiger charge is -2.25. The van der Waals surface area contributed by atoms with Crippen LogP contribution in [0.2, 0.25) is 0 Å². The van der Waals surface area contributed by atoms with Crippen LogP contribution < -0.4 is 10.6 Å². The number of benzene rings is 1. The van der Waals surface area contributed by atoms with Crippen molar-refractivity contribution in [1.29, 1.82) is 0 Å². The van der Waals surface area contributed by atoms with Gasteiger partial charge in [-0.25, -0.2) is 0 Å². The average Bonchev–Trinajstić information content (AvgIpc) is 2.89. The minimum Gasteiger partial charge on any atom is -0.353 e. The van der Waals surface area contributed by atoms with Crippen LogP contribution in [0.5, 0.6) is 0 Å². The lowest BCUT2D eigenvalue weighted by molar-refractivity contribution is -0.132. The van der Waals surface area contributed by atoms with E-state index in [2.05, 4.69) is 15.1 Å². The minimum atomic E-state index is -0.490. The van der Waals surface area contributed by atoms with Gasteiger partial charge in [0.05, 0.1) is 6.04 Å². The van der Waals surface area contributed by atoms with Crippen molar-refractivity contribution in [2.75, 3.05) is 31.1 Å². The Hall–Kier alpha value is -2.47. The SMILES string of the molecule is NC(Cc1ccccc1)C(=O)N1CCCN(c2cccnn2)CC1. The number of aromatic nitrogens is 2. The summed E-state index contributed by atoms with van der Waals surface area (Å²) in [4.78, 5) is 16.7. The zero-order valence-electron chi connectivity index (χ0n) is 13.7. The molecular weight excluding hydrogens is 302 g/mol. The standard InChI is InChI=1S/C18H23N5O/c19-16(14-15-6-2-1-3-7-15)18(24)23-11-5-10-22(12-13-23)17-8-4-9-20-21-17/h1-4,6-9,16H,5,10-14,19H2. The van der Waals surface area contributed by atoms with Crippen LogP contribution in [0.3, 0.4) is 0 Å². The maximum absolute atomic E-state index is 12.7. The van der Waals surface area contributed by atoms with Crippen molar-refractivity contribution in [3.05, 3.63) is 54.2 Å². The van der Waals surface area contributed by atoms with E-state index in [1.165, 1.54) is 0 Å². The highest BCUT2D eigenvalue weighted by atomic mass is 16.2. The highest BCUT2D eigenvalue weighted by Gasteiger charge is 2.24. The van der Waals surface area contributed by atoms with Gasteiger partial charge in [-0.1, -0.05) is 30.3 Å². The van der Waals surface area contributed by atoms with Gasteiger partial charge >= 0.3 is 0 Å². The second kappa shape index (κ2) is 7.88. The van der Waals surface area contributed by atoms with E-state index in [0.717, 1.165) is 37.4 Å². The largest absolute Gasteiger partial charge is 0.353 e. The number of nitrogens with zero attached hydrogens (tertiary/aromatic N) is 4. The summed E-state index contributed by atoms with van der Waals surface area (Å²) in [6.45, 7) is 3.02. The Morgan fingerprint density at radius 1 is 1.08 bits per heavy atom. The molecule has 0 aliphatic carbocycles. The molecule has 1 amide bonds. The third-order valence-electron chi connectivity index (χ3n) is 4.31. The molecule has 2 aromatic rings. The lowest BCUT2D eigenvalue weighted by atomic mass is 10.1. The maximum atomic E-state index is 12.7. The third kappa shape index (κ3) is 4.08. The summed E-state index contributed by atoms with van der Waals surface area (Å²) < 4.78 is 0. The van der Waals surface area contributed by atoms with Crippen LogP contribution in [-0.2, 0) is 11.2 Å². The summed E-state index contributed by atoms with van der Waals surface area (Å²) in [5, 5.41) is 8.08. The molecule has 0 bridgehead atoms. The Bertz CT molecular complexity index is 649. The van der Waals surface area contributed by atoms with Gasteiger partial charge in [0, 0.05) is 32.4 Å². The van der Waals surface area contributed by atoms with Gasteiger partial charge in [-0.05, 0) is 30.5 Å². The fourth-order valence-electron chi connectivity index (χ4n) is 3.02. The average molecular weight is 325 g/mol. The van der Waals surface area contributed by atoms with Gasteiger partial charge in [0.25, 0.3) is 0 Å². The monoisotopic (exact) mass is 325 g/mol. The predicted octanol–water partition coefficient (Wildman–Crippen LogP) is 1.09. The predicted molar refractivity (Wildman–Crippen MR) is 93.6 cm³/mol. The molecule has 1 aliphatic heterocycles. The summed E-state index contributed by atoms with van der Waals surface area (Å²) in [7, 11) is 0. The number of hydrogen-bond donors (Lipinski definition) is 1. The van der Waals surface area contributed by atoms with E-state index in [1.54, 1.807) is 6.20 Å². The first-order valence-electron chi connectivity index (χ1n) is 8.35. The van der Waals surface area contributed by atoms with Gasteiger partial charge in [0.1, 0.15) is 0 Å². The number of carbonyl (C=O) groups is 1. The molecule has 1 aromatic carbocycles. The van der Waals surface area contributed by atoms with Crippen molar-refractivity contribution in [2.45, 2.75) is 18.9 Å². The fourth-order valence-corrected chi connectivity index (χ4v) is 3.02. The molecule has 1 unspecified atom stereocenters. The molecule has 6 nitrogen and oxygen atoms in total. The van der Waals surface area contributed by atoms with Gasteiger partial charge in [-0.15, -0.1) is 5.10 Å².